The zero-order chi connectivity index (χ0) is 23.9. The lowest BCUT2D eigenvalue weighted by atomic mass is 9.94. The summed E-state index contributed by atoms with van der Waals surface area (Å²) in [5.74, 6) is -0.234. The van der Waals surface area contributed by atoms with E-state index < -0.39 is 0 Å². The summed E-state index contributed by atoms with van der Waals surface area (Å²) in [6.07, 6.45) is 1.33. The summed E-state index contributed by atoms with van der Waals surface area (Å²) >= 11 is 1.62. The van der Waals surface area contributed by atoms with E-state index in [0.29, 0.717) is 31.6 Å². The number of nitrogens with zero attached hydrogens (tertiary/aromatic N) is 1. The number of anilines is 2. The molecular weight excluding hydrogens is 446 g/mol. The number of piperidine rings is 1. The summed E-state index contributed by atoms with van der Waals surface area (Å²) in [6.45, 7) is 3.23. The lowest BCUT2D eigenvalue weighted by molar-refractivity contribution is -0.123. The number of aromatic hydroxyl groups is 1. The topological polar surface area (TPSA) is 81.7 Å². The molecule has 1 heterocycles. The third-order valence-corrected chi connectivity index (χ3v) is 7.19. The maximum atomic E-state index is 13.0. The van der Waals surface area contributed by atoms with Gasteiger partial charge in [0.2, 0.25) is 11.8 Å². The number of phenolic OH excluding ortho intramolecular Hbond substituents is 1. The number of hydrogen-bond acceptors (Lipinski definition) is 5. The van der Waals surface area contributed by atoms with Gasteiger partial charge in [-0.2, -0.15) is 0 Å². The first-order valence-corrected chi connectivity index (χ1v) is 12.3. The Morgan fingerprint density at radius 3 is 2.21 bits per heavy atom. The number of carbonyl (C=O) groups is 2. The molecule has 34 heavy (non-hydrogen) atoms. The van der Waals surface area contributed by atoms with Gasteiger partial charge in [0.15, 0.2) is 0 Å². The van der Waals surface area contributed by atoms with Crippen LogP contribution in [0.15, 0.2) is 88.7 Å². The van der Waals surface area contributed by atoms with E-state index in [4.69, 9.17) is 0 Å². The van der Waals surface area contributed by atoms with Gasteiger partial charge in [-0.1, -0.05) is 54.2 Å². The molecule has 0 saturated carbocycles. The molecule has 3 aromatic rings. The third kappa shape index (κ3) is 5.98. The predicted octanol–water partition coefficient (Wildman–Crippen LogP) is 5.22. The van der Waals surface area contributed by atoms with E-state index in [1.807, 2.05) is 61.5 Å². The van der Waals surface area contributed by atoms with Crippen molar-refractivity contribution < 1.29 is 14.7 Å². The van der Waals surface area contributed by atoms with E-state index in [9.17, 15) is 14.7 Å². The number of benzene rings is 3. The van der Waals surface area contributed by atoms with Gasteiger partial charge in [0.1, 0.15) is 5.75 Å². The summed E-state index contributed by atoms with van der Waals surface area (Å²) in [4.78, 5) is 29.9. The van der Waals surface area contributed by atoms with Gasteiger partial charge in [-0.3, -0.25) is 14.5 Å². The van der Waals surface area contributed by atoms with Crippen LogP contribution < -0.4 is 10.6 Å². The zero-order valence-electron chi connectivity index (χ0n) is 19.1. The van der Waals surface area contributed by atoms with Gasteiger partial charge in [0.05, 0.1) is 17.4 Å². The van der Waals surface area contributed by atoms with E-state index in [1.54, 1.807) is 36.0 Å². The molecule has 1 aliphatic rings. The van der Waals surface area contributed by atoms with Crippen LogP contribution in [0.5, 0.6) is 5.75 Å². The second-order valence-corrected chi connectivity index (χ2v) is 9.51. The van der Waals surface area contributed by atoms with Crippen molar-refractivity contribution >= 4 is 35.0 Å². The average molecular weight is 476 g/mol. The van der Waals surface area contributed by atoms with Crippen molar-refractivity contribution in [2.24, 2.45) is 5.92 Å². The fourth-order valence-corrected chi connectivity index (χ4v) is 4.96. The molecule has 1 fully saturated rings. The number of nitrogens with one attached hydrogen (secondary N) is 2. The molecule has 0 bridgehead atoms. The van der Waals surface area contributed by atoms with Crippen molar-refractivity contribution in [1.82, 2.24) is 4.90 Å². The van der Waals surface area contributed by atoms with Crippen LogP contribution in [0.25, 0.3) is 0 Å². The van der Waals surface area contributed by atoms with Crippen LogP contribution in [0.2, 0.25) is 0 Å². The first kappa shape index (κ1) is 23.9. The lowest BCUT2D eigenvalue weighted by Gasteiger charge is -2.34. The Bertz CT molecular complexity index is 1130. The Balaban J connectivity index is 1.31. The van der Waals surface area contributed by atoms with E-state index in [1.165, 1.54) is 0 Å². The first-order valence-electron chi connectivity index (χ1n) is 11.5. The standard InChI is InChI=1S/C27H29N3O3S/c1-19(26(32)29-23-12-6-8-14-25(23)34-21-9-3-2-4-10-21)30-17-15-20(16-18-30)27(33)28-22-11-5-7-13-24(22)31/h2-14,19-20,31H,15-18H2,1H3,(H,28,33)(H,29,32). The molecule has 7 heteroatoms. The zero-order valence-corrected chi connectivity index (χ0v) is 19.9. The molecule has 2 amide bonds. The fourth-order valence-electron chi connectivity index (χ4n) is 4.04. The SMILES string of the molecule is CC(C(=O)Nc1ccccc1Sc1ccccc1)N1CCC(C(=O)Nc2ccccc2O)CC1. The van der Waals surface area contributed by atoms with Crippen molar-refractivity contribution in [2.45, 2.75) is 35.6 Å². The summed E-state index contributed by atoms with van der Waals surface area (Å²) in [6, 6.07) is 24.3. The number of hydrogen-bond donors (Lipinski definition) is 3. The fraction of sp³-hybridized carbons (Fsp3) is 0.259. The molecule has 1 saturated heterocycles. The van der Waals surface area contributed by atoms with Gasteiger partial charge in [-0.25, -0.2) is 0 Å². The van der Waals surface area contributed by atoms with Crippen molar-refractivity contribution in [2.75, 3.05) is 23.7 Å². The second-order valence-electron chi connectivity index (χ2n) is 8.39. The van der Waals surface area contributed by atoms with Crippen molar-refractivity contribution in [3.05, 3.63) is 78.9 Å². The minimum atomic E-state index is -0.308. The minimum Gasteiger partial charge on any atom is -0.506 e. The highest BCUT2D eigenvalue weighted by Crippen LogP contribution is 2.33. The van der Waals surface area contributed by atoms with Crippen molar-refractivity contribution in [3.63, 3.8) is 0 Å². The molecule has 0 radical (unpaired) electrons. The van der Waals surface area contributed by atoms with Gasteiger partial charge < -0.3 is 15.7 Å². The predicted molar refractivity (Wildman–Crippen MR) is 136 cm³/mol. The van der Waals surface area contributed by atoms with Crippen LogP contribution in [0.3, 0.4) is 0 Å². The lowest BCUT2D eigenvalue weighted by Crippen LogP contribution is -2.47. The van der Waals surface area contributed by atoms with E-state index >= 15 is 0 Å². The normalized spacial score (nSPS) is 15.4. The molecule has 0 aromatic heterocycles. The first-order chi connectivity index (χ1) is 16.5. The number of para-hydroxylation sites is 3. The maximum absolute atomic E-state index is 13.0. The molecule has 176 valence electrons. The molecule has 3 N–H and O–H groups in total. The maximum Gasteiger partial charge on any atom is 0.241 e. The summed E-state index contributed by atoms with van der Waals surface area (Å²) in [7, 11) is 0. The largest absolute Gasteiger partial charge is 0.506 e. The Labute approximate surface area is 204 Å². The molecule has 0 aliphatic carbocycles. The van der Waals surface area contributed by atoms with Gasteiger partial charge in [-0.05, 0) is 69.3 Å². The molecule has 1 unspecified atom stereocenters. The number of rotatable bonds is 7. The monoisotopic (exact) mass is 475 g/mol. The van der Waals surface area contributed by atoms with Crippen molar-refractivity contribution in [1.29, 1.82) is 0 Å². The number of carbonyl (C=O) groups excluding carboxylic acids is 2. The van der Waals surface area contributed by atoms with Crippen LogP contribution in [0.1, 0.15) is 19.8 Å². The van der Waals surface area contributed by atoms with Gasteiger partial charge in [0.25, 0.3) is 0 Å². The van der Waals surface area contributed by atoms with Gasteiger partial charge in [0, 0.05) is 15.7 Å². The average Bonchev–Trinajstić information content (AvgIpc) is 2.87. The smallest absolute Gasteiger partial charge is 0.241 e. The molecule has 1 aliphatic heterocycles. The molecule has 3 aromatic carbocycles. The number of amides is 2. The molecule has 1 atom stereocenters. The van der Waals surface area contributed by atoms with Gasteiger partial charge >= 0.3 is 0 Å². The molecule has 4 rings (SSSR count). The Morgan fingerprint density at radius 2 is 1.50 bits per heavy atom. The molecular formula is C27H29N3O3S. The Morgan fingerprint density at radius 1 is 0.882 bits per heavy atom. The third-order valence-electron chi connectivity index (χ3n) is 6.11. The Hall–Kier alpha value is -3.29. The highest BCUT2D eigenvalue weighted by Gasteiger charge is 2.30. The van der Waals surface area contributed by atoms with E-state index in [-0.39, 0.29) is 29.5 Å². The van der Waals surface area contributed by atoms with E-state index in [2.05, 4.69) is 15.5 Å². The summed E-state index contributed by atoms with van der Waals surface area (Å²) in [5, 5.41) is 15.8. The highest BCUT2D eigenvalue weighted by atomic mass is 32.2. The van der Waals surface area contributed by atoms with Crippen LogP contribution in [-0.4, -0.2) is 41.0 Å². The quantitative estimate of drug-likeness (QED) is 0.408. The second kappa shape index (κ2) is 11.2. The van der Waals surface area contributed by atoms with Gasteiger partial charge in [-0.15, -0.1) is 0 Å². The van der Waals surface area contributed by atoms with Crippen LogP contribution >= 0.6 is 11.8 Å². The van der Waals surface area contributed by atoms with Crippen molar-refractivity contribution in [3.8, 4) is 5.75 Å². The Kier molecular flexibility index (Phi) is 7.87. The highest BCUT2D eigenvalue weighted by molar-refractivity contribution is 7.99. The van der Waals surface area contributed by atoms with Crippen LogP contribution in [0.4, 0.5) is 11.4 Å². The van der Waals surface area contributed by atoms with Crippen LogP contribution in [0, 0.1) is 5.92 Å². The van der Waals surface area contributed by atoms with Crippen LogP contribution in [-0.2, 0) is 9.59 Å². The number of phenols is 1. The number of likely N-dealkylation sites (tertiary alicyclic amines) is 1. The van der Waals surface area contributed by atoms with E-state index in [0.717, 1.165) is 15.5 Å². The minimum absolute atomic E-state index is 0.0572. The molecule has 0 spiro atoms. The molecule has 6 nitrogen and oxygen atoms in total. The summed E-state index contributed by atoms with van der Waals surface area (Å²) in [5.41, 5.74) is 1.22. The summed E-state index contributed by atoms with van der Waals surface area (Å²) < 4.78 is 0.